The van der Waals surface area contributed by atoms with Crippen molar-refractivity contribution in [3.8, 4) is 0 Å². The number of carbonyl (C=O) groups is 2. The average Bonchev–Trinajstić information content (AvgIpc) is 2.69. The van der Waals surface area contributed by atoms with E-state index in [4.69, 9.17) is 11.6 Å². The Hall–Kier alpha value is -2.64. The number of nitrogens with zero attached hydrogens (tertiary/aromatic N) is 2. The summed E-state index contributed by atoms with van der Waals surface area (Å²) in [7, 11) is 2.10. The Kier molecular flexibility index (Phi) is 7.06. The lowest BCUT2D eigenvalue weighted by Crippen LogP contribution is -2.44. The first-order chi connectivity index (χ1) is 13.9. The number of hydrogen-bond acceptors (Lipinski definition) is 4. The van der Waals surface area contributed by atoms with Crippen molar-refractivity contribution in [3.63, 3.8) is 0 Å². The summed E-state index contributed by atoms with van der Waals surface area (Å²) in [6.45, 7) is 3.89. The number of hydrogen-bond donors (Lipinski definition) is 2. The Labute approximate surface area is 174 Å². The topological polar surface area (TPSA) is 64.7 Å². The van der Waals surface area contributed by atoms with Crippen LogP contribution in [0.5, 0.6) is 0 Å². The number of halogens is 2. The molecule has 2 N–H and O–H groups in total. The maximum absolute atomic E-state index is 13.1. The maximum atomic E-state index is 13.1. The van der Waals surface area contributed by atoms with E-state index in [1.807, 2.05) is 24.3 Å². The molecule has 3 rings (SSSR count). The van der Waals surface area contributed by atoms with Gasteiger partial charge >= 0.3 is 0 Å². The zero-order chi connectivity index (χ0) is 20.8. The van der Waals surface area contributed by atoms with Crippen LogP contribution in [0.3, 0.4) is 0 Å². The molecular formula is C21H24ClFN4O2. The molecule has 29 heavy (non-hydrogen) atoms. The molecule has 0 unspecified atom stereocenters. The Bertz CT molecular complexity index is 885. The van der Waals surface area contributed by atoms with Gasteiger partial charge in [-0.1, -0.05) is 23.7 Å². The molecule has 2 aromatic carbocycles. The van der Waals surface area contributed by atoms with Gasteiger partial charge in [-0.2, -0.15) is 0 Å². The van der Waals surface area contributed by atoms with E-state index in [1.165, 1.54) is 12.1 Å². The summed E-state index contributed by atoms with van der Waals surface area (Å²) in [6, 6.07) is 11.3. The van der Waals surface area contributed by atoms with Crippen LogP contribution < -0.4 is 15.5 Å². The minimum absolute atomic E-state index is 0.0352. The molecule has 0 saturated carbocycles. The molecule has 0 aromatic heterocycles. The predicted molar refractivity (Wildman–Crippen MR) is 113 cm³/mol. The van der Waals surface area contributed by atoms with Crippen molar-refractivity contribution in [2.24, 2.45) is 0 Å². The van der Waals surface area contributed by atoms with Crippen molar-refractivity contribution < 1.29 is 14.0 Å². The number of likely N-dealkylation sites (N-methyl/N-ethyl adjacent to an activating group) is 1. The van der Waals surface area contributed by atoms with Gasteiger partial charge in [0.1, 0.15) is 5.82 Å². The Morgan fingerprint density at radius 3 is 2.55 bits per heavy atom. The number of carbonyl (C=O) groups excluding carboxylic acids is 2. The molecule has 0 aliphatic carbocycles. The van der Waals surface area contributed by atoms with E-state index in [9.17, 15) is 14.0 Å². The van der Waals surface area contributed by atoms with Crippen molar-refractivity contribution in [2.75, 3.05) is 50.0 Å². The van der Waals surface area contributed by atoms with E-state index in [2.05, 4.69) is 27.5 Å². The van der Waals surface area contributed by atoms with Crippen LogP contribution in [0.1, 0.15) is 16.8 Å². The fourth-order valence-electron chi connectivity index (χ4n) is 3.17. The summed E-state index contributed by atoms with van der Waals surface area (Å²) in [5.74, 6) is -1.15. The Morgan fingerprint density at radius 1 is 1.10 bits per heavy atom. The largest absolute Gasteiger partial charge is 0.367 e. The number of piperazine rings is 1. The van der Waals surface area contributed by atoms with E-state index in [0.29, 0.717) is 0 Å². The summed E-state index contributed by atoms with van der Waals surface area (Å²) < 4.78 is 13.1. The smallest absolute Gasteiger partial charge is 0.252 e. The lowest BCUT2D eigenvalue weighted by molar-refractivity contribution is -0.116. The number of nitrogens with one attached hydrogen (secondary N) is 2. The minimum Gasteiger partial charge on any atom is -0.367 e. The third kappa shape index (κ3) is 5.68. The molecule has 0 atom stereocenters. The second kappa shape index (κ2) is 9.71. The summed E-state index contributed by atoms with van der Waals surface area (Å²) in [6.07, 6.45) is 0.113. The van der Waals surface area contributed by atoms with Gasteiger partial charge in [0, 0.05) is 39.1 Å². The highest BCUT2D eigenvalue weighted by Gasteiger charge is 2.18. The predicted octanol–water partition coefficient (Wildman–Crippen LogP) is 2.99. The second-order valence-electron chi connectivity index (χ2n) is 6.99. The fourth-order valence-corrected chi connectivity index (χ4v) is 3.43. The number of amides is 2. The molecule has 0 radical (unpaired) electrons. The highest BCUT2D eigenvalue weighted by molar-refractivity contribution is 6.33. The molecule has 0 spiro atoms. The lowest BCUT2D eigenvalue weighted by atomic mass is 10.2. The van der Waals surface area contributed by atoms with Crippen LogP contribution in [-0.4, -0.2) is 56.5 Å². The summed E-state index contributed by atoms with van der Waals surface area (Å²) in [4.78, 5) is 29.0. The SMILES string of the molecule is CN1CCN(c2ccccc2NC(=O)CCNC(=O)c2ccc(F)cc2Cl)CC1. The molecule has 2 amide bonds. The van der Waals surface area contributed by atoms with E-state index >= 15 is 0 Å². The normalized spacial score (nSPS) is 14.5. The monoisotopic (exact) mass is 418 g/mol. The van der Waals surface area contributed by atoms with Crippen molar-refractivity contribution >= 4 is 34.8 Å². The molecule has 1 heterocycles. The lowest BCUT2D eigenvalue weighted by Gasteiger charge is -2.35. The summed E-state index contributed by atoms with van der Waals surface area (Å²) >= 11 is 5.89. The number of para-hydroxylation sites is 2. The zero-order valence-electron chi connectivity index (χ0n) is 16.3. The number of benzene rings is 2. The van der Waals surface area contributed by atoms with Crippen molar-refractivity contribution in [1.29, 1.82) is 0 Å². The van der Waals surface area contributed by atoms with E-state index in [-0.39, 0.29) is 29.5 Å². The van der Waals surface area contributed by atoms with Gasteiger partial charge in [0.2, 0.25) is 5.91 Å². The van der Waals surface area contributed by atoms with Crippen LogP contribution in [0, 0.1) is 5.82 Å². The molecule has 1 fully saturated rings. The zero-order valence-corrected chi connectivity index (χ0v) is 17.0. The van der Waals surface area contributed by atoms with Crippen molar-refractivity contribution in [1.82, 2.24) is 10.2 Å². The first kappa shape index (κ1) is 21.1. The van der Waals surface area contributed by atoms with Gasteiger partial charge < -0.3 is 20.4 Å². The number of rotatable bonds is 6. The average molecular weight is 419 g/mol. The third-order valence-electron chi connectivity index (χ3n) is 4.84. The van der Waals surface area contributed by atoms with Gasteiger partial charge in [0.05, 0.1) is 22.0 Å². The van der Waals surface area contributed by atoms with Crippen LogP contribution in [-0.2, 0) is 4.79 Å². The van der Waals surface area contributed by atoms with E-state index in [1.54, 1.807) is 0 Å². The quantitative estimate of drug-likeness (QED) is 0.757. The Morgan fingerprint density at radius 2 is 1.83 bits per heavy atom. The fraction of sp³-hybridized carbons (Fsp3) is 0.333. The first-order valence-corrected chi connectivity index (χ1v) is 9.87. The van der Waals surface area contributed by atoms with E-state index < -0.39 is 11.7 Å². The van der Waals surface area contributed by atoms with Gasteiger partial charge in [-0.3, -0.25) is 9.59 Å². The molecule has 1 saturated heterocycles. The highest BCUT2D eigenvalue weighted by Crippen LogP contribution is 2.26. The van der Waals surface area contributed by atoms with Gasteiger partial charge in [0.25, 0.3) is 5.91 Å². The molecular weight excluding hydrogens is 395 g/mol. The summed E-state index contributed by atoms with van der Waals surface area (Å²) in [5, 5.41) is 5.60. The molecule has 2 aromatic rings. The molecule has 0 bridgehead atoms. The van der Waals surface area contributed by atoms with Gasteiger partial charge in [0.15, 0.2) is 0 Å². The molecule has 154 valence electrons. The van der Waals surface area contributed by atoms with Crippen LogP contribution in [0.25, 0.3) is 0 Å². The molecule has 6 nitrogen and oxygen atoms in total. The van der Waals surface area contributed by atoms with Gasteiger partial charge in [-0.15, -0.1) is 0 Å². The standard InChI is InChI=1S/C21H24ClFN4O2/c1-26-10-12-27(13-11-26)19-5-3-2-4-18(19)25-20(28)8-9-24-21(29)16-7-6-15(23)14-17(16)22/h2-7,14H,8-13H2,1H3,(H,24,29)(H,25,28). The van der Waals surface area contributed by atoms with Crippen molar-refractivity contribution in [2.45, 2.75) is 6.42 Å². The van der Waals surface area contributed by atoms with Crippen LogP contribution in [0.2, 0.25) is 5.02 Å². The van der Waals surface area contributed by atoms with Gasteiger partial charge in [-0.25, -0.2) is 4.39 Å². The van der Waals surface area contributed by atoms with E-state index in [0.717, 1.165) is 43.6 Å². The summed E-state index contributed by atoms with van der Waals surface area (Å²) in [5.41, 5.74) is 1.93. The third-order valence-corrected chi connectivity index (χ3v) is 5.15. The second-order valence-corrected chi connectivity index (χ2v) is 7.39. The van der Waals surface area contributed by atoms with Crippen LogP contribution in [0.4, 0.5) is 15.8 Å². The highest BCUT2D eigenvalue weighted by atomic mass is 35.5. The number of anilines is 2. The maximum Gasteiger partial charge on any atom is 0.252 e. The molecule has 1 aliphatic heterocycles. The first-order valence-electron chi connectivity index (χ1n) is 9.49. The molecule has 8 heteroatoms. The van der Waals surface area contributed by atoms with Crippen molar-refractivity contribution in [3.05, 3.63) is 58.9 Å². The van der Waals surface area contributed by atoms with Crippen LogP contribution >= 0.6 is 11.6 Å². The minimum atomic E-state index is -0.509. The molecule has 1 aliphatic rings. The van der Waals surface area contributed by atoms with Crippen LogP contribution in [0.15, 0.2) is 42.5 Å². The Balaban J connectivity index is 1.53. The van der Waals surface area contributed by atoms with Gasteiger partial charge in [-0.05, 0) is 37.4 Å².